The topological polar surface area (TPSA) is 66.3 Å². The largest absolute Gasteiger partial charge is 0.477 e. The molecule has 1 aromatic carbocycles. The van der Waals surface area contributed by atoms with Gasteiger partial charge >= 0.3 is 5.97 Å². The van der Waals surface area contributed by atoms with Crippen molar-refractivity contribution in [2.45, 2.75) is 18.9 Å². The van der Waals surface area contributed by atoms with E-state index in [-0.39, 0.29) is 11.7 Å². The van der Waals surface area contributed by atoms with E-state index < -0.39 is 5.97 Å². The number of aromatic nitrogens is 2. The highest BCUT2D eigenvalue weighted by Crippen LogP contribution is 2.35. The van der Waals surface area contributed by atoms with Gasteiger partial charge in [0.15, 0.2) is 5.69 Å². The van der Waals surface area contributed by atoms with Gasteiger partial charge in [-0.25, -0.2) is 14.8 Å². The number of nitrogens with zero attached hydrogens (tertiary/aromatic N) is 3. The predicted molar refractivity (Wildman–Crippen MR) is 79.8 cm³/mol. The van der Waals surface area contributed by atoms with Crippen molar-refractivity contribution in [3.05, 3.63) is 52.9 Å². The van der Waals surface area contributed by atoms with Crippen LogP contribution >= 0.6 is 11.6 Å². The summed E-state index contributed by atoms with van der Waals surface area (Å²) in [5.41, 5.74) is 1.18. The van der Waals surface area contributed by atoms with Gasteiger partial charge in [0, 0.05) is 17.6 Å². The van der Waals surface area contributed by atoms with E-state index in [4.69, 9.17) is 16.7 Å². The predicted octanol–water partition coefficient (Wildman–Crippen LogP) is 3.17. The van der Waals surface area contributed by atoms with Crippen molar-refractivity contribution >= 4 is 23.4 Å². The van der Waals surface area contributed by atoms with Crippen molar-refractivity contribution in [3.63, 3.8) is 0 Å². The molecule has 3 rings (SSSR count). The first-order valence-electron chi connectivity index (χ1n) is 6.72. The van der Waals surface area contributed by atoms with Crippen molar-refractivity contribution in [2.75, 3.05) is 11.4 Å². The molecule has 0 saturated carbocycles. The molecule has 0 aliphatic carbocycles. The summed E-state index contributed by atoms with van der Waals surface area (Å²) in [7, 11) is 0. The molecule has 2 heterocycles. The number of anilines is 1. The van der Waals surface area contributed by atoms with E-state index in [9.17, 15) is 4.79 Å². The third-order valence-corrected chi connectivity index (χ3v) is 3.93. The van der Waals surface area contributed by atoms with E-state index >= 15 is 0 Å². The van der Waals surface area contributed by atoms with Gasteiger partial charge in [-0.05, 0) is 30.5 Å². The average Bonchev–Trinajstić information content (AvgIpc) is 2.97. The van der Waals surface area contributed by atoms with Crippen LogP contribution in [-0.4, -0.2) is 27.6 Å². The van der Waals surface area contributed by atoms with Gasteiger partial charge in [-0.2, -0.15) is 0 Å². The van der Waals surface area contributed by atoms with Crippen LogP contribution in [0, 0.1) is 0 Å². The first-order chi connectivity index (χ1) is 10.1. The van der Waals surface area contributed by atoms with Crippen LogP contribution in [0.25, 0.3) is 0 Å². The fraction of sp³-hybridized carbons (Fsp3) is 0.267. The Morgan fingerprint density at radius 2 is 2.05 bits per heavy atom. The molecule has 1 atom stereocenters. The SMILES string of the molecule is O=C(O)c1cc(N2CCCC2c2ccc(Cl)cc2)ncn1. The van der Waals surface area contributed by atoms with Crippen LogP contribution in [0.2, 0.25) is 5.02 Å². The molecule has 1 saturated heterocycles. The Morgan fingerprint density at radius 1 is 1.29 bits per heavy atom. The molecular weight excluding hydrogens is 290 g/mol. The highest BCUT2D eigenvalue weighted by atomic mass is 35.5. The lowest BCUT2D eigenvalue weighted by atomic mass is 10.0. The maximum atomic E-state index is 11.0. The second kappa shape index (κ2) is 5.69. The van der Waals surface area contributed by atoms with Gasteiger partial charge in [-0.3, -0.25) is 0 Å². The van der Waals surface area contributed by atoms with Gasteiger partial charge in [0.05, 0.1) is 6.04 Å². The molecule has 1 aliphatic rings. The summed E-state index contributed by atoms with van der Waals surface area (Å²) in [4.78, 5) is 21.1. The molecule has 1 fully saturated rings. The molecule has 2 aromatic rings. The van der Waals surface area contributed by atoms with Gasteiger partial charge in [-0.1, -0.05) is 23.7 Å². The minimum atomic E-state index is -1.04. The molecule has 0 bridgehead atoms. The summed E-state index contributed by atoms with van der Waals surface area (Å²) in [6.07, 6.45) is 3.35. The summed E-state index contributed by atoms with van der Waals surface area (Å²) < 4.78 is 0. The third-order valence-electron chi connectivity index (χ3n) is 3.67. The molecule has 21 heavy (non-hydrogen) atoms. The summed E-state index contributed by atoms with van der Waals surface area (Å²) >= 11 is 5.93. The van der Waals surface area contributed by atoms with E-state index in [1.165, 1.54) is 12.4 Å². The zero-order chi connectivity index (χ0) is 14.8. The molecule has 1 aromatic heterocycles. The number of carboxylic acid groups (broad SMARTS) is 1. The molecule has 0 radical (unpaired) electrons. The fourth-order valence-electron chi connectivity index (χ4n) is 2.69. The van der Waals surface area contributed by atoms with E-state index in [0.717, 1.165) is 24.9 Å². The summed E-state index contributed by atoms with van der Waals surface area (Å²) in [5.74, 6) is -0.388. The Labute approximate surface area is 127 Å². The number of rotatable bonds is 3. The Bertz CT molecular complexity index is 660. The van der Waals surface area contributed by atoms with Gasteiger partial charge in [-0.15, -0.1) is 0 Å². The highest BCUT2D eigenvalue weighted by molar-refractivity contribution is 6.30. The van der Waals surface area contributed by atoms with Gasteiger partial charge in [0.2, 0.25) is 0 Å². The Kier molecular flexibility index (Phi) is 3.75. The number of halogens is 1. The lowest BCUT2D eigenvalue weighted by Gasteiger charge is -2.26. The summed E-state index contributed by atoms with van der Waals surface area (Å²) in [6.45, 7) is 0.851. The zero-order valence-electron chi connectivity index (χ0n) is 11.2. The van der Waals surface area contributed by atoms with Gasteiger partial charge < -0.3 is 10.0 Å². The van der Waals surface area contributed by atoms with Crippen LogP contribution in [0.1, 0.15) is 34.9 Å². The second-order valence-electron chi connectivity index (χ2n) is 4.97. The molecule has 1 unspecified atom stereocenters. The standard InChI is InChI=1S/C15H14ClN3O2/c16-11-5-3-10(4-6-11)13-2-1-7-19(13)14-8-12(15(20)21)17-9-18-14/h3-6,8-9,13H,1-2,7H2,(H,20,21). The normalized spacial score (nSPS) is 18.0. The van der Waals surface area contributed by atoms with E-state index in [1.54, 1.807) is 0 Å². The Balaban J connectivity index is 1.92. The molecule has 1 aliphatic heterocycles. The Hall–Kier alpha value is -2.14. The quantitative estimate of drug-likeness (QED) is 0.943. The van der Waals surface area contributed by atoms with Crippen molar-refractivity contribution in [1.82, 2.24) is 9.97 Å². The maximum absolute atomic E-state index is 11.0. The molecule has 5 nitrogen and oxygen atoms in total. The van der Waals surface area contributed by atoms with Crippen molar-refractivity contribution < 1.29 is 9.90 Å². The molecule has 0 amide bonds. The number of carboxylic acids is 1. The summed E-state index contributed by atoms with van der Waals surface area (Å²) in [5, 5.41) is 9.75. The number of hydrogen-bond donors (Lipinski definition) is 1. The van der Waals surface area contributed by atoms with Gasteiger partial charge in [0.1, 0.15) is 12.1 Å². The summed E-state index contributed by atoms with van der Waals surface area (Å²) in [6, 6.07) is 9.47. The van der Waals surface area contributed by atoms with E-state index in [1.807, 2.05) is 24.3 Å². The highest BCUT2D eigenvalue weighted by Gasteiger charge is 2.27. The second-order valence-corrected chi connectivity index (χ2v) is 5.41. The minimum absolute atomic E-state index is 0.0155. The van der Waals surface area contributed by atoms with Crippen molar-refractivity contribution in [2.24, 2.45) is 0 Å². The Morgan fingerprint density at radius 3 is 2.76 bits per heavy atom. The molecule has 6 heteroatoms. The maximum Gasteiger partial charge on any atom is 0.354 e. The third kappa shape index (κ3) is 2.83. The lowest BCUT2D eigenvalue weighted by Crippen LogP contribution is -2.24. The smallest absolute Gasteiger partial charge is 0.354 e. The van der Waals surface area contributed by atoms with Gasteiger partial charge in [0.25, 0.3) is 0 Å². The van der Waals surface area contributed by atoms with Crippen molar-refractivity contribution in [3.8, 4) is 0 Å². The zero-order valence-corrected chi connectivity index (χ0v) is 12.0. The number of aromatic carboxylic acids is 1. The number of benzene rings is 1. The molecule has 1 N–H and O–H groups in total. The van der Waals surface area contributed by atoms with Crippen LogP contribution in [0.5, 0.6) is 0 Å². The molecule has 0 spiro atoms. The van der Waals surface area contributed by atoms with Crippen LogP contribution < -0.4 is 4.90 Å². The molecular formula is C15H14ClN3O2. The lowest BCUT2D eigenvalue weighted by molar-refractivity contribution is 0.0690. The van der Waals surface area contributed by atoms with Crippen LogP contribution in [-0.2, 0) is 0 Å². The van der Waals surface area contributed by atoms with Crippen LogP contribution in [0.15, 0.2) is 36.7 Å². The molecule has 108 valence electrons. The number of hydrogen-bond acceptors (Lipinski definition) is 4. The van der Waals surface area contributed by atoms with Crippen LogP contribution in [0.4, 0.5) is 5.82 Å². The monoisotopic (exact) mass is 303 g/mol. The number of carbonyl (C=O) groups is 1. The average molecular weight is 304 g/mol. The minimum Gasteiger partial charge on any atom is -0.477 e. The fourth-order valence-corrected chi connectivity index (χ4v) is 2.82. The van der Waals surface area contributed by atoms with Crippen LogP contribution in [0.3, 0.4) is 0 Å². The van der Waals surface area contributed by atoms with Crippen molar-refractivity contribution in [1.29, 1.82) is 0 Å². The van der Waals surface area contributed by atoms with E-state index in [0.29, 0.717) is 10.8 Å². The first kappa shape index (κ1) is 13.8. The van der Waals surface area contributed by atoms with E-state index in [2.05, 4.69) is 14.9 Å². The first-order valence-corrected chi connectivity index (χ1v) is 7.10.